The third-order valence-corrected chi connectivity index (χ3v) is 2.47. The SMILES string of the molecule is FC(F)(F)c1cn(C2=CCCCC2)cn1. The highest BCUT2D eigenvalue weighted by atomic mass is 19.4. The maximum Gasteiger partial charge on any atom is 0.434 e. The number of hydrogen-bond donors (Lipinski definition) is 0. The van der Waals surface area contributed by atoms with Crippen molar-refractivity contribution in [2.75, 3.05) is 0 Å². The highest BCUT2D eigenvalue weighted by Crippen LogP contribution is 2.29. The van der Waals surface area contributed by atoms with Gasteiger partial charge in [0.1, 0.15) is 0 Å². The molecular weight excluding hydrogens is 205 g/mol. The van der Waals surface area contributed by atoms with Crippen molar-refractivity contribution >= 4 is 5.70 Å². The van der Waals surface area contributed by atoms with Gasteiger partial charge in [-0.15, -0.1) is 0 Å². The molecule has 0 atom stereocenters. The van der Waals surface area contributed by atoms with E-state index in [1.165, 1.54) is 10.9 Å². The van der Waals surface area contributed by atoms with Crippen LogP contribution in [0.25, 0.3) is 5.70 Å². The van der Waals surface area contributed by atoms with Crippen molar-refractivity contribution in [3.05, 3.63) is 24.3 Å². The van der Waals surface area contributed by atoms with Crippen molar-refractivity contribution in [1.29, 1.82) is 0 Å². The first-order valence-corrected chi connectivity index (χ1v) is 4.88. The smallest absolute Gasteiger partial charge is 0.310 e. The molecule has 15 heavy (non-hydrogen) atoms. The van der Waals surface area contributed by atoms with Crippen molar-refractivity contribution in [3.8, 4) is 0 Å². The van der Waals surface area contributed by atoms with Crippen molar-refractivity contribution < 1.29 is 13.2 Å². The molecule has 2 nitrogen and oxygen atoms in total. The Bertz CT molecular complexity index is 376. The maximum absolute atomic E-state index is 12.3. The summed E-state index contributed by atoms with van der Waals surface area (Å²) in [4.78, 5) is 3.36. The molecule has 0 aromatic carbocycles. The summed E-state index contributed by atoms with van der Waals surface area (Å²) in [6, 6.07) is 0. The fraction of sp³-hybridized carbons (Fsp3) is 0.500. The third-order valence-electron chi connectivity index (χ3n) is 2.47. The molecule has 1 aliphatic carbocycles. The Morgan fingerprint density at radius 3 is 2.60 bits per heavy atom. The van der Waals surface area contributed by atoms with Gasteiger partial charge in [0.2, 0.25) is 0 Å². The van der Waals surface area contributed by atoms with Crippen LogP contribution in [0.2, 0.25) is 0 Å². The summed E-state index contributed by atoms with van der Waals surface area (Å²) in [6.07, 6.45) is 3.83. The quantitative estimate of drug-likeness (QED) is 0.704. The number of aromatic nitrogens is 2. The molecule has 0 saturated carbocycles. The Kier molecular flexibility index (Phi) is 2.54. The zero-order chi connectivity index (χ0) is 10.9. The number of imidazole rings is 1. The lowest BCUT2D eigenvalue weighted by Gasteiger charge is -2.12. The second-order valence-electron chi connectivity index (χ2n) is 3.61. The lowest BCUT2D eigenvalue weighted by Crippen LogP contribution is -2.05. The van der Waals surface area contributed by atoms with Crippen LogP contribution in [0.5, 0.6) is 0 Å². The molecule has 2 rings (SSSR count). The molecule has 1 heterocycles. The van der Waals surface area contributed by atoms with Crippen LogP contribution in [0.1, 0.15) is 31.4 Å². The van der Waals surface area contributed by atoms with Crippen molar-refractivity contribution in [2.24, 2.45) is 0 Å². The van der Waals surface area contributed by atoms with E-state index < -0.39 is 11.9 Å². The Hall–Kier alpha value is -1.26. The summed E-state index contributed by atoms with van der Waals surface area (Å²) in [5.41, 5.74) is 0.0956. The standard InChI is InChI=1S/C10H11F3N2/c11-10(12,13)9-6-15(7-14-9)8-4-2-1-3-5-8/h4,6-7H,1-3,5H2. The van der Waals surface area contributed by atoms with Gasteiger partial charge in [0, 0.05) is 11.9 Å². The largest absolute Gasteiger partial charge is 0.434 e. The third kappa shape index (κ3) is 2.22. The predicted octanol–water partition coefficient (Wildman–Crippen LogP) is 3.32. The molecule has 0 bridgehead atoms. The average molecular weight is 216 g/mol. The minimum atomic E-state index is -4.35. The fourth-order valence-electron chi connectivity index (χ4n) is 1.68. The van der Waals surface area contributed by atoms with Gasteiger partial charge in [-0.3, -0.25) is 0 Å². The van der Waals surface area contributed by atoms with Gasteiger partial charge < -0.3 is 4.57 Å². The van der Waals surface area contributed by atoms with Gasteiger partial charge in [-0.2, -0.15) is 13.2 Å². The van der Waals surface area contributed by atoms with Crippen LogP contribution < -0.4 is 0 Å². The predicted molar refractivity (Wildman–Crippen MR) is 50.0 cm³/mol. The molecule has 0 amide bonds. The van der Waals surface area contributed by atoms with Crippen LogP contribution in [-0.4, -0.2) is 9.55 Å². The van der Waals surface area contributed by atoms with E-state index in [2.05, 4.69) is 4.98 Å². The molecule has 0 radical (unpaired) electrons. The molecule has 0 unspecified atom stereocenters. The second-order valence-corrected chi connectivity index (χ2v) is 3.61. The van der Waals surface area contributed by atoms with E-state index in [-0.39, 0.29) is 0 Å². The Labute approximate surface area is 85.4 Å². The minimum absolute atomic E-state index is 0.825. The maximum atomic E-state index is 12.3. The molecule has 0 N–H and O–H groups in total. The van der Waals surface area contributed by atoms with Gasteiger partial charge >= 0.3 is 6.18 Å². The zero-order valence-corrected chi connectivity index (χ0v) is 8.09. The lowest BCUT2D eigenvalue weighted by molar-refractivity contribution is -0.140. The Morgan fingerprint density at radius 1 is 1.27 bits per heavy atom. The average Bonchev–Trinajstić information content (AvgIpc) is 2.67. The van der Waals surface area contributed by atoms with Gasteiger partial charge in [0.25, 0.3) is 0 Å². The van der Waals surface area contributed by atoms with Gasteiger partial charge in [-0.1, -0.05) is 6.08 Å². The van der Waals surface area contributed by atoms with Crippen LogP contribution >= 0.6 is 0 Å². The molecule has 0 spiro atoms. The van der Waals surface area contributed by atoms with Crippen molar-refractivity contribution in [3.63, 3.8) is 0 Å². The van der Waals surface area contributed by atoms with E-state index in [1.807, 2.05) is 6.08 Å². The summed E-state index contributed by atoms with van der Waals surface area (Å²) in [7, 11) is 0. The van der Waals surface area contributed by atoms with E-state index in [0.29, 0.717) is 0 Å². The number of alkyl halides is 3. The molecular formula is C10H11F3N2. The second kappa shape index (κ2) is 3.72. The Balaban J connectivity index is 2.23. The van der Waals surface area contributed by atoms with Gasteiger partial charge in [0.05, 0.1) is 6.33 Å². The van der Waals surface area contributed by atoms with Gasteiger partial charge in [0.15, 0.2) is 5.69 Å². The molecule has 0 saturated heterocycles. The van der Waals surface area contributed by atoms with Crippen LogP contribution in [0, 0.1) is 0 Å². The topological polar surface area (TPSA) is 17.8 Å². The summed E-state index contributed by atoms with van der Waals surface area (Å²) >= 11 is 0. The van der Waals surface area contributed by atoms with Crippen molar-refractivity contribution in [1.82, 2.24) is 9.55 Å². The molecule has 1 aliphatic rings. The first kappa shape index (κ1) is 10.3. The molecule has 0 aliphatic heterocycles. The highest BCUT2D eigenvalue weighted by Gasteiger charge is 2.33. The van der Waals surface area contributed by atoms with E-state index in [9.17, 15) is 13.2 Å². The van der Waals surface area contributed by atoms with E-state index >= 15 is 0 Å². The number of allylic oxidation sites excluding steroid dienone is 2. The zero-order valence-electron chi connectivity index (χ0n) is 8.09. The molecule has 1 aromatic heterocycles. The molecule has 5 heteroatoms. The van der Waals surface area contributed by atoms with E-state index in [1.54, 1.807) is 0 Å². The summed E-state index contributed by atoms with van der Waals surface area (Å²) < 4.78 is 38.3. The normalized spacial score (nSPS) is 17.7. The number of hydrogen-bond acceptors (Lipinski definition) is 1. The van der Waals surface area contributed by atoms with Crippen molar-refractivity contribution in [2.45, 2.75) is 31.9 Å². The van der Waals surface area contributed by atoms with E-state index in [4.69, 9.17) is 0 Å². The van der Waals surface area contributed by atoms with Gasteiger partial charge in [-0.05, 0) is 25.7 Å². The first-order valence-electron chi connectivity index (χ1n) is 4.88. The molecule has 1 aromatic rings. The van der Waals surface area contributed by atoms with Crippen LogP contribution in [0.4, 0.5) is 13.2 Å². The fourth-order valence-corrected chi connectivity index (χ4v) is 1.68. The van der Waals surface area contributed by atoms with E-state index in [0.717, 1.165) is 37.6 Å². The first-order chi connectivity index (χ1) is 7.07. The number of nitrogens with zero attached hydrogens (tertiary/aromatic N) is 2. The molecule has 82 valence electrons. The summed E-state index contributed by atoms with van der Waals surface area (Å²) in [5, 5.41) is 0. The van der Waals surface area contributed by atoms with Gasteiger partial charge in [-0.25, -0.2) is 4.98 Å². The Morgan fingerprint density at radius 2 is 2.07 bits per heavy atom. The monoisotopic (exact) mass is 216 g/mol. The molecule has 0 fully saturated rings. The van der Waals surface area contributed by atoms with Crippen LogP contribution in [0.3, 0.4) is 0 Å². The number of halogens is 3. The number of rotatable bonds is 1. The minimum Gasteiger partial charge on any atom is -0.310 e. The summed E-state index contributed by atoms with van der Waals surface area (Å²) in [6.45, 7) is 0. The van der Waals surface area contributed by atoms with Crippen LogP contribution in [0.15, 0.2) is 18.6 Å². The van der Waals surface area contributed by atoms with Crippen LogP contribution in [-0.2, 0) is 6.18 Å². The highest BCUT2D eigenvalue weighted by molar-refractivity contribution is 5.46. The lowest BCUT2D eigenvalue weighted by atomic mass is 10.0. The summed E-state index contributed by atoms with van der Waals surface area (Å²) in [5.74, 6) is 0.